The van der Waals surface area contributed by atoms with Gasteiger partial charge in [0.05, 0.1) is 6.67 Å². The van der Waals surface area contributed by atoms with Gasteiger partial charge in [-0.15, -0.1) is 0 Å². The van der Waals surface area contributed by atoms with E-state index in [0.29, 0.717) is 24.4 Å². The molecule has 3 unspecified atom stereocenters. The van der Waals surface area contributed by atoms with E-state index < -0.39 is 0 Å². The van der Waals surface area contributed by atoms with Crippen molar-refractivity contribution >= 4 is 0 Å². The first kappa shape index (κ1) is 15.5. The molecule has 1 saturated heterocycles. The Morgan fingerprint density at radius 3 is 2.75 bits per heavy atom. The number of rotatable bonds is 6. The molecule has 0 amide bonds. The molecule has 0 spiro atoms. The van der Waals surface area contributed by atoms with Crippen molar-refractivity contribution in [1.29, 1.82) is 0 Å². The number of halogens is 1. The van der Waals surface area contributed by atoms with E-state index in [-0.39, 0.29) is 6.67 Å². The lowest BCUT2D eigenvalue weighted by atomic mass is 9.92. The summed E-state index contributed by atoms with van der Waals surface area (Å²) in [5, 5.41) is 3.67. The van der Waals surface area contributed by atoms with Gasteiger partial charge in [0, 0.05) is 31.7 Å². The van der Waals surface area contributed by atoms with Crippen molar-refractivity contribution in [3.63, 3.8) is 0 Å². The Morgan fingerprint density at radius 1 is 1.35 bits per heavy atom. The minimum absolute atomic E-state index is 0.215. The Labute approximate surface area is 122 Å². The van der Waals surface area contributed by atoms with E-state index in [1.165, 1.54) is 12.0 Å². The van der Waals surface area contributed by atoms with Crippen LogP contribution in [0.1, 0.15) is 38.3 Å². The fourth-order valence-corrected chi connectivity index (χ4v) is 3.09. The number of piperazine rings is 1. The molecule has 3 atom stereocenters. The van der Waals surface area contributed by atoms with Crippen LogP contribution in [-0.4, -0.2) is 37.3 Å². The first-order chi connectivity index (χ1) is 9.76. The maximum atomic E-state index is 12.5. The van der Waals surface area contributed by atoms with Gasteiger partial charge in [-0.25, -0.2) is 0 Å². The molecule has 1 N–H and O–H groups in total. The molecule has 0 aromatic heterocycles. The molecule has 20 heavy (non-hydrogen) atoms. The summed E-state index contributed by atoms with van der Waals surface area (Å²) >= 11 is 0. The number of nitrogens with zero attached hydrogens (tertiary/aromatic N) is 1. The Kier molecular flexibility index (Phi) is 5.99. The number of hydrogen-bond donors (Lipinski definition) is 1. The highest BCUT2D eigenvalue weighted by Crippen LogP contribution is 2.24. The molecule has 3 heteroatoms. The van der Waals surface area contributed by atoms with Crippen molar-refractivity contribution in [2.75, 3.05) is 26.3 Å². The summed E-state index contributed by atoms with van der Waals surface area (Å²) in [6, 6.07) is 11.5. The Balaban J connectivity index is 2.04. The van der Waals surface area contributed by atoms with Gasteiger partial charge in [0.2, 0.25) is 0 Å². The van der Waals surface area contributed by atoms with E-state index in [0.717, 1.165) is 19.6 Å². The van der Waals surface area contributed by atoms with Crippen molar-refractivity contribution in [3.8, 4) is 0 Å². The molecule has 0 saturated carbocycles. The van der Waals surface area contributed by atoms with E-state index in [9.17, 15) is 4.39 Å². The summed E-state index contributed by atoms with van der Waals surface area (Å²) in [6.07, 6.45) is 1.82. The van der Waals surface area contributed by atoms with Gasteiger partial charge < -0.3 is 5.32 Å². The van der Waals surface area contributed by atoms with Gasteiger partial charge in [0.25, 0.3) is 0 Å². The quantitative estimate of drug-likeness (QED) is 0.858. The van der Waals surface area contributed by atoms with Crippen LogP contribution in [-0.2, 0) is 0 Å². The van der Waals surface area contributed by atoms with Crippen LogP contribution in [0, 0.1) is 5.92 Å². The molecule has 1 aromatic carbocycles. The van der Waals surface area contributed by atoms with Crippen molar-refractivity contribution in [2.45, 2.75) is 38.8 Å². The van der Waals surface area contributed by atoms with E-state index in [1.54, 1.807) is 0 Å². The minimum atomic E-state index is -0.215. The maximum Gasteiger partial charge on any atom is 0.0906 e. The molecule has 0 aliphatic carbocycles. The van der Waals surface area contributed by atoms with E-state index in [2.05, 4.69) is 54.4 Å². The predicted molar refractivity (Wildman–Crippen MR) is 82.6 cm³/mol. The summed E-state index contributed by atoms with van der Waals surface area (Å²) in [6.45, 7) is 7.18. The second kappa shape index (κ2) is 7.75. The topological polar surface area (TPSA) is 15.3 Å². The zero-order valence-electron chi connectivity index (χ0n) is 12.7. The standard InChI is InChI=1S/C17H27FN2/c1-3-14(2)17-12-19-16(13-20(17)11-7-10-18)15-8-5-4-6-9-15/h4-6,8-9,14,16-17,19H,3,7,10-13H2,1-2H3. The van der Waals surface area contributed by atoms with Crippen LogP contribution in [0.25, 0.3) is 0 Å². The molecular formula is C17H27FN2. The third kappa shape index (κ3) is 3.80. The second-order valence-electron chi connectivity index (χ2n) is 5.86. The van der Waals surface area contributed by atoms with Crippen LogP contribution in [0.15, 0.2) is 30.3 Å². The van der Waals surface area contributed by atoms with Crippen molar-refractivity contribution in [2.24, 2.45) is 5.92 Å². The largest absolute Gasteiger partial charge is 0.307 e. The number of hydrogen-bond acceptors (Lipinski definition) is 2. The zero-order valence-corrected chi connectivity index (χ0v) is 12.7. The summed E-state index contributed by atoms with van der Waals surface area (Å²) in [5.41, 5.74) is 1.33. The molecule has 0 bridgehead atoms. The van der Waals surface area contributed by atoms with Crippen LogP contribution in [0.2, 0.25) is 0 Å². The molecule has 1 aliphatic rings. The van der Waals surface area contributed by atoms with Gasteiger partial charge >= 0.3 is 0 Å². The first-order valence-electron chi connectivity index (χ1n) is 7.84. The average Bonchev–Trinajstić information content (AvgIpc) is 2.52. The first-order valence-corrected chi connectivity index (χ1v) is 7.84. The third-order valence-electron chi connectivity index (χ3n) is 4.54. The van der Waals surface area contributed by atoms with Crippen LogP contribution >= 0.6 is 0 Å². The predicted octanol–water partition coefficient (Wildman–Crippen LogP) is 3.41. The molecule has 1 aliphatic heterocycles. The molecule has 1 aromatic rings. The highest BCUT2D eigenvalue weighted by atomic mass is 19.1. The Morgan fingerprint density at radius 2 is 2.10 bits per heavy atom. The van der Waals surface area contributed by atoms with Gasteiger partial charge in [0.15, 0.2) is 0 Å². The number of alkyl halides is 1. The lowest BCUT2D eigenvalue weighted by Crippen LogP contribution is -2.55. The Hall–Kier alpha value is -0.930. The van der Waals surface area contributed by atoms with Gasteiger partial charge in [0.1, 0.15) is 0 Å². The van der Waals surface area contributed by atoms with Crippen molar-refractivity contribution in [1.82, 2.24) is 10.2 Å². The fourth-order valence-electron chi connectivity index (χ4n) is 3.09. The summed E-state index contributed by atoms with van der Waals surface area (Å²) in [4.78, 5) is 2.49. The van der Waals surface area contributed by atoms with Crippen LogP contribution < -0.4 is 5.32 Å². The lowest BCUT2D eigenvalue weighted by molar-refractivity contribution is 0.0880. The fraction of sp³-hybridized carbons (Fsp3) is 0.647. The summed E-state index contributed by atoms with van der Waals surface area (Å²) < 4.78 is 12.5. The smallest absolute Gasteiger partial charge is 0.0906 e. The van der Waals surface area contributed by atoms with E-state index in [1.807, 2.05) is 0 Å². The SMILES string of the molecule is CCC(C)C1CNC(c2ccccc2)CN1CCCF. The molecule has 0 radical (unpaired) electrons. The molecular weight excluding hydrogens is 251 g/mol. The van der Waals surface area contributed by atoms with E-state index >= 15 is 0 Å². The lowest BCUT2D eigenvalue weighted by Gasteiger charge is -2.43. The average molecular weight is 278 g/mol. The van der Waals surface area contributed by atoms with Gasteiger partial charge in [-0.1, -0.05) is 50.6 Å². The van der Waals surface area contributed by atoms with E-state index in [4.69, 9.17) is 0 Å². The summed E-state index contributed by atoms with van der Waals surface area (Å²) in [5.74, 6) is 0.652. The normalized spacial score (nSPS) is 25.6. The van der Waals surface area contributed by atoms with Crippen molar-refractivity contribution in [3.05, 3.63) is 35.9 Å². The van der Waals surface area contributed by atoms with Crippen LogP contribution in [0.3, 0.4) is 0 Å². The number of benzene rings is 1. The molecule has 2 nitrogen and oxygen atoms in total. The highest BCUT2D eigenvalue weighted by molar-refractivity contribution is 5.20. The monoisotopic (exact) mass is 278 g/mol. The Bertz CT molecular complexity index is 382. The minimum Gasteiger partial charge on any atom is -0.307 e. The molecule has 112 valence electrons. The van der Waals surface area contributed by atoms with Crippen LogP contribution in [0.4, 0.5) is 4.39 Å². The zero-order chi connectivity index (χ0) is 14.4. The van der Waals surface area contributed by atoms with Crippen LogP contribution in [0.5, 0.6) is 0 Å². The number of nitrogens with one attached hydrogen (secondary N) is 1. The van der Waals surface area contributed by atoms with Gasteiger partial charge in [-0.05, 0) is 17.9 Å². The van der Waals surface area contributed by atoms with Gasteiger partial charge in [-0.2, -0.15) is 0 Å². The maximum absolute atomic E-state index is 12.5. The molecule has 2 rings (SSSR count). The molecule has 1 heterocycles. The highest BCUT2D eigenvalue weighted by Gasteiger charge is 2.30. The third-order valence-corrected chi connectivity index (χ3v) is 4.54. The van der Waals surface area contributed by atoms with Gasteiger partial charge in [-0.3, -0.25) is 9.29 Å². The molecule has 1 fully saturated rings. The summed E-state index contributed by atoms with van der Waals surface area (Å²) in [7, 11) is 0. The second-order valence-corrected chi connectivity index (χ2v) is 5.86. The van der Waals surface area contributed by atoms with Crippen molar-refractivity contribution < 1.29 is 4.39 Å².